The Morgan fingerprint density at radius 2 is 1.94 bits per heavy atom. The van der Waals surface area contributed by atoms with Crippen LogP contribution in [0.15, 0.2) is 24.3 Å². The third-order valence-electron chi connectivity index (χ3n) is 3.69. The van der Waals surface area contributed by atoms with Crippen molar-refractivity contribution in [1.82, 2.24) is 5.32 Å². The van der Waals surface area contributed by atoms with E-state index >= 15 is 0 Å². The molecule has 0 saturated heterocycles. The van der Waals surface area contributed by atoms with Crippen LogP contribution in [-0.2, 0) is 6.54 Å². The molecular formula is C14H21ClN2O. The van der Waals surface area contributed by atoms with Gasteiger partial charge in [0.05, 0.1) is 0 Å². The number of carbonyl (C=O) groups excluding carboxylic acids is 1. The fourth-order valence-electron chi connectivity index (χ4n) is 2.15. The summed E-state index contributed by atoms with van der Waals surface area (Å²) in [5.74, 6) is 0.0155. The summed E-state index contributed by atoms with van der Waals surface area (Å²) in [6.45, 7) is 3.53. The van der Waals surface area contributed by atoms with Gasteiger partial charge in [-0.15, -0.1) is 12.4 Å². The van der Waals surface area contributed by atoms with Crippen LogP contribution in [0.5, 0.6) is 0 Å². The highest BCUT2D eigenvalue weighted by atomic mass is 35.5. The van der Waals surface area contributed by atoms with Crippen LogP contribution in [0.1, 0.15) is 42.1 Å². The maximum atomic E-state index is 11.9. The average molecular weight is 269 g/mol. The van der Waals surface area contributed by atoms with Gasteiger partial charge in [0.1, 0.15) is 0 Å². The normalized spacial score (nSPS) is 16.3. The number of benzene rings is 1. The zero-order chi connectivity index (χ0) is 12.3. The topological polar surface area (TPSA) is 55.1 Å². The maximum absolute atomic E-state index is 11.9. The molecule has 1 saturated carbocycles. The molecule has 1 aromatic rings. The molecule has 0 aromatic heterocycles. The minimum absolute atomic E-state index is 0. The van der Waals surface area contributed by atoms with Gasteiger partial charge in [0.2, 0.25) is 0 Å². The molecule has 1 aliphatic rings. The molecule has 0 unspecified atom stereocenters. The van der Waals surface area contributed by atoms with E-state index in [1.807, 2.05) is 24.3 Å². The highest BCUT2D eigenvalue weighted by Crippen LogP contribution is 2.39. The average Bonchev–Trinajstić information content (AvgIpc) is 2.33. The van der Waals surface area contributed by atoms with E-state index in [-0.39, 0.29) is 18.3 Å². The molecule has 0 heterocycles. The molecular weight excluding hydrogens is 248 g/mol. The van der Waals surface area contributed by atoms with Crippen molar-refractivity contribution in [3.05, 3.63) is 35.4 Å². The van der Waals surface area contributed by atoms with E-state index in [0.717, 1.165) is 12.1 Å². The summed E-state index contributed by atoms with van der Waals surface area (Å²) in [6, 6.07) is 7.47. The highest BCUT2D eigenvalue weighted by molar-refractivity contribution is 5.94. The fourth-order valence-corrected chi connectivity index (χ4v) is 2.15. The summed E-state index contributed by atoms with van der Waals surface area (Å²) >= 11 is 0. The Hall–Kier alpha value is -1.06. The second-order valence-corrected chi connectivity index (χ2v) is 5.25. The van der Waals surface area contributed by atoms with E-state index in [1.165, 1.54) is 19.3 Å². The lowest BCUT2D eigenvalue weighted by Crippen LogP contribution is -2.39. The van der Waals surface area contributed by atoms with Crippen molar-refractivity contribution < 1.29 is 4.79 Å². The molecule has 100 valence electrons. The van der Waals surface area contributed by atoms with Gasteiger partial charge in [-0.3, -0.25) is 4.79 Å². The molecule has 1 amide bonds. The number of carbonyl (C=O) groups is 1. The quantitative estimate of drug-likeness (QED) is 0.882. The summed E-state index contributed by atoms with van der Waals surface area (Å²) in [7, 11) is 0. The van der Waals surface area contributed by atoms with Gasteiger partial charge >= 0.3 is 0 Å². The lowest BCUT2D eigenvalue weighted by molar-refractivity contribution is 0.0891. The van der Waals surface area contributed by atoms with Crippen molar-refractivity contribution in [1.29, 1.82) is 0 Å². The standard InChI is InChI=1S/C14H20N2O.ClH/c1-14(7-2-8-14)10-16-13(17)12-5-3-11(9-15)4-6-12;/h3-6H,2,7-10,15H2,1H3,(H,16,17);1H. The lowest BCUT2D eigenvalue weighted by atomic mass is 9.70. The third-order valence-corrected chi connectivity index (χ3v) is 3.69. The van der Waals surface area contributed by atoms with Crippen LogP contribution >= 0.6 is 12.4 Å². The van der Waals surface area contributed by atoms with Crippen LogP contribution in [0.3, 0.4) is 0 Å². The Balaban J connectivity index is 0.00000162. The highest BCUT2D eigenvalue weighted by Gasteiger charge is 2.31. The molecule has 1 fully saturated rings. The molecule has 18 heavy (non-hydrogen) atoms. The zero-order valence-electron chi connectivity index (χ0n) is 10.7. The number of rotatable bonds is 4. The van der Waals surface area contributed by atoms with Crippen LogP contribution in [0.2, 0.25) is 0 Å². The van der Waals surface area contributed by atoms with Crippen molar-refractivity contribution in [3.8, 4) is 0 Å². The number of halogens is 1. The molecule has 4 heteroatoms. The second-order valence-electron chi connectivity index (χ2n) is 5.25. The van der Waals surface area contributed by atoms with Gasteiger partial charge in [-0.2, -0.15) is 0 Å². The maximum Gasteiger partial charge on any atom is 0.251 e. The van der Waals surface area contributed by atoms with Crippen LogP contribution in [0.25, 0.3) is 0 Å². The molecule has 0 radical (unpaired) electrons. The molecule has 3 nitrogen and oxygen atoms in total. The Kier molecular flexibility index (Phi) is 5.17. The van der Waals surface area contributed by atoms with Crippen molar-refractivity contribution in [2.45, 2.75) is 32.7 Å². The Morgan fingerprint density at radius 3 is 2.39 bits per heavy atom. The van der Waals surface area contributed by atoms with Gasteiger partial charge < -0.3 is 11.1 Å². The van der Waals surface area contributed by atoms with Crippen molar-refractivity contribution in [3.63, 3.8) is 0 Å². The van der Waals surface area contributed by atoms with Crippen LogP contribution < -0.4 is 11.1 Å². The number of hydrogen-bond donors (Lipinski definition) is 2. The van der Waals surface area contributed by atoms with E-state index in [9.17, 15) is 4.79 Å². The minimum atomic E-state index is 0. The van der Waals surface area contributed by atoms with Gasteiger partial charge in [-0.1, -0.05) is 25.5 Å². The van der Waals surface area contributed by atoms with Crippen molar-refractivity contribution >= 4 is 18.3 Å². The van der Waals surface area contributed by atoms with Crippen LogP contribution in [0.4, 0.5) is 0 Å². The van der Waals surface area contributed by atoms with Gasteiger partial charge in [0, 0.05) is 18.7 Å². The van der Waals surface area contributed by atoms with Gasteiger partial charge in [-0.25, -0.2) is 0 Å². The van der Waals surface area contributed by atoms with Gasteiger partial charge in [0.15, 0.2) is 0 Å². The predicted octanol–water partition coefficient (Wildman–Crippen LogP) is 2.49. The lowest BCUT2D eigenvalue weighted by Gasteiger charge is -2.38. The molecule has 0 bridgehead atoms. The smallest absolute Gasteiger partial charge is 0.251 e. The summed E-state index contributed by atoms with van der Waals surface area (Å²) in [4.78, 5) is 11.9. The third kappa shape index (κ3) is 3.47. The summed E-state index contributed by atoms with van der Waals surface area (Å²) in [6.07, 6.45) is 3.73. The first-order chi connectivity index (χ1) is 8.13. The van der Waals surface area contributed by atoms with E-state index < -0.39 is 0 Å². The predicted molar refractivity (Wildman–Crippen MR) is 75.9 cm³/mol. The first-order valence-electron chi connectivity index (χ1n) is 6.20. The zero-order valence-corrected chi connectivity index (χ0v) is 11.6. The molecule has 1 aromatic carbocycles. The molecule has 3 N–H and O–H groups in total. The minimum Gasteiger partial charge on any atom is -0.351 e. The van der Waals surface area contributed by atoms with E-state index in [0.29, 0.717) is 17.5 Å². The molecule has 2 rings (SSSR count). The Bertz CT molecular complexity index is 399. The van der Waals surface area contributed by atoms with E-state index in [2.05, 4.69) is 12.2 Å². The number of nitrogens with two attached hydrogens (primary N) is 1. The molecule has 0 atom stereocenters. The molecule has 0 spiro atoms. The summed E-state index contributed by atoms with van der Waals surface area (Å²) in [5, 5.41) is 3.01. The van der Waals surface area contributed by atoms with Crippen molar-refractivity contribution in [2.24, 2.45) is 11.1 Å². The summed E-state index contributed by atoms with van der Waals surface area (Å²) in [5.41, 5.74) is 7.60. The molecule has 0 aliphatic heterocycles. The fraction of sp³-hybridized carbons (Fsp3) is 0.500. The monoisotopic (exact) mass is 268 g/mol. The largest absolute Gasteiger partial charge is 0.351 e. The first-order valence-corrected chi connectivity index (χ1v) is 6.20. The van der Waals surface area contributed by atoms with Crippen LogP contribution in [0, 0.1) is 5.41 Å². The second kappa shape index (κ2) is 6.21. The first kappa shape index (κ1) is 15.0. The SMILES string of the molecule is CC1(CNC(=O)c2ccc(CN)cc2)CCC1.Cl. The van der Waals surface area contributed by atoms with Gasteiger partial charge in [0.25, 0.3) is 5.91 Å². The van der Waals surface area contributed by atoms with Gasteiger partial charge in [-0.05, 0) is 36.0 Å². The Labute approximate surface area is 115 Å². The van der Waals surface area contributed by atoms with E-state index in [1.54, 1.807) is 0 Å². The number of nitrogens with one attached hydrogen (secondary N) is 1. The van der Waals surface area contributed by atoms with Crippen molar-refractivity contribution in [2.75, 3.05) is 6.54 Å². The van der Waals surface area contributed by atoms with Crippen LogP contribution in [-0.4, -0.2) is 12.5 Å². The molecule has 1 aliphatic carbocycles. The number of hydrogen-bond acceptors (Lipinski definition) is 2. The summed E-state index contributed by atoms with van der Waals surface area (Å²) < 4.78 is 0. The Morgan fingerprint density at radius 1 is 1.33 bits per heavy atom. The number of amides is 1. The van der Waals surface area contributed by atoms with E-state index in [4.69, 9.17) is 5.73 Å².